The number of piperidine rings is 1. The largest absolute Gasteiger partial charge is 0.444 e. The molecular formula is C17H25F3N2O4. The van der Waals surface area contributed by atoms with Gasteiger partial charge in [0.1, 0.15) is 11.3 Å². The number of aromatic nitrogens is 1. The summed E-state index contributed by atoms with van der Waals surface area (Å²) in [5.41, 5.74) is -2.18. The number of aromatic amines is 1. The minimum Gasteiger partial charge on any atom is -0.444 e. The van der Waals surface area contributed by atoms with E-state index in [-0.39, 0.29) is 6.09 Å². The van der Waals surface area contributed by atoms with Crippen molar-refractivity contribution in [1.82, 2.24) is 9.88 Å². The molecule has 1 aromatic heterocycles. The van der Waals surface area contributed by atoms with Crippen LogP contribution in [0, 0.1) is 0 Å². The first-order valence-corrected chi connectivity index (χ1v) is 8.19. The molecule has 1 fully saturated rings. The molecule has 0 aliphatic carbocycles. The number of ether oxygens (including phenoxy) is 2. The third-order valence-electron chi connectivity index (χ3n) is 3.50. The summed E-state index contributed by atoms with van der Waals surface area (Å²) in [7, 11) is 1.72. The first-order valence-electron chi connectivity index (χ1n) is 8.19. The quantitative estimate of drug-likeness (QED) is 0.813. The Balaban J connectivity index is 0.000000273. The van der Waals surface area contributed by atoms with Crippen LogP contribution in [0.4, 0.5) is 18.0 Å². The third kappa shape index (κ3) is 7.90. The SMILES string of the molecule is COC1CCN(C(=O)OC(C)(C)C)CC1.O=c1cccc(C(F)(F)F)[nH]1. The Morgan fingerprint density at radius 2 is 1.77 bits per heavy atom. The Hall–Kier alpha value is -2.03. The highest BCUT2D eigenvalue weighted by Gasteiger charge is 2.31. The zero-order valence-corrected chi connectivity index (χ0v) is 15.4. The summed E-state index contributed by atoms with van der Waals surface area (Å²) in [6.45, 7) is 7.10. The lowest BCUT2D eigenvalue weighted by Crippen LogP contribution is -2.43. The van der Waals surface area contributed by atoms with E-state index in [1.165, 1.54) is 0 Å². The van der Waals surface area contributed by atoms with E-state index >= 15 is 0 Å². The number of halogens is 3. The number of nitrogens with zero attached hydrogens (tertiary/aromatic N) is 1. The van der Waals surface area contributed by atoms with Crippen molar-refractivity contribution in [2.75, 3.05) is 20.2 Å². The van der Waals surface area contributed by atoms with Gasteiger partial charge in [0, 0.05) is 26.3 Å². The van der Waals surface area contributed by atoms with Gasteiger partial charge < -0.3 is 19.4 Å². The molecular weight excluding hydrogens is 353 g/mol. The van der Waals surface area contributed by atoms with Crippen LogP contribution in [0.3, 0.4) is 0 Å². The lowest BCUT2D eigenvalue weighted by molar-refractivity contribution is -0.141. The van der Waals surface area contributed by atoms with Crippen LogP contribution < -0.4 is 5.56 Å². The highest BCUT2D eigenvalue weighted by atomic mass is 19.4. The maximum absolute atomic E-state index is 11.8. The Labute approximate surface area is 150 Å². The molecule has 2 rings (SSSR count). The normalized spacial score (nSPS) is 15.9. The van der Waals surface area contributed by atoms with E-state index < -0.39 is 23.0 Å². The second kappa shape index (κ2) is 9.07. The van der Waals surface area contributed by atoms with Crippen molar-refractivity contribution in [3.8, 4) is 0 Å². The maximum Gasteiger partial charge on any atom is 0.431 e. The van der Waals surface area contributed by atoms with E-state index in [4.69, 9.17) is 9.47 Å². The highest BCUT2D eigenvalue weighted by Crippen LogP contribution is 2.25. The van der Waals surface area contributed by atoms with Crippen LogP contribution >= 0.6 is 0 Å². The summed E-state index contributed by atoms with van der Waals surface area (Å²) >= 11 is 0. The number of carbonyl (C=O) groups is 1. The number of pyridine rings is 1. The van der Waals surface area contributed by atoms with E-state index in [0.29, 0.717) is 6.10 Å². The van der Waals surface area contributed by atoms with Crippen LogP contribution in [0.2, 0.25) is 0 Å². The van der Waals surface area contributed by atoms with Crippen molar-refractivity contribution in [3.63, 3.8) is 0 Å². The molecule has 1 aliphatic rings. The fourth-order valence-electron chi connectivity index (χ4n) is 2.21. The van der Waals surface area contributed by atoms with E-state index in [9.17, 15) is 22.8 Å². The lowest BCUT2D eigenvalue weighted by Gasteiger charge is -2.32. The van der Waals surface area contributed by atoms with Gasteiger partial charge in [-0.15, -0.1) is 0 Å². The molecule has 0 atom stereocenters. The minimum absolute atomic E-state index is 0.211. The van der Waals surface area contributed by atoms with Crippen LogP contribution in [0.1, 0.15) is 39.3 Å². The molecule has 6 nitrogen and oxygen atoms in total. The molecule has 0 unspecified atom stereocenters. The number of alkyl halides is 3. The molecule has 0 aromatic carbocycles. The van der Waals surface area contributed by atoms with Crippen LogP contribution in [-0.4, -0.2) is 47.9 Å². The van der Waals surface area contributed by atoms with E-state index in [0.717, 1.165) is 44.1 Å². The predicted molar refractivity (Wildman–Crippen MR) is 89.9 cm³/mol. The Bertz CT molecular complexity index is 630. The number of rotatable bonds is 1. The standard InChI is InChI=1S/C11H21NO3.C6H4F3NO/c1-11(2,3)15-10(13)12-7-5-9(14-4)6-8-12;7-6(8,9)4-2-1-3-5(11)10-4/h9H,5-8H2,1-4H3;1-3H,(H,10,11). The van der Waals surface area contributed by atoms with Gasteiger partial charge in [-0.25, -0.2) is 4.79 Å². The Morgan fingerprint density at radius 1 is 1.19 bits per heavy atom. The van der Waals surface area contributed by atoms with Gasteiger partial charge in [0.05, 0.1) is 6.10 Å². The summed E-state index contributed by atoms with van der Waals surface area (Å²) in [6, 6.07) is 2.89. The molecule has 0 bridgehead atoms. The van der Waals surface area contributed by atoms with Crippen molar-refractivity contribution >= 4 is 6.09 Å². The van der Waals surface area contributed by atoms with Crippen LogP contribution in [0.15, 0.2) is 23.0 Å². The Morgan fingerprint density at radius 3 is 2.15 bits per heavy atom. The fraction of sp³-hybridized carbons (Fsp3) is 0.647. The molecule has 0 spiro atoms. The number of likely N-dealkylation sites (tertiary alicyclic amines) is 1. The summed E-state index contributed by atoms with van der Waals surface area (Å²) in [6.07, 6.45) is -2.59. The molecule has 0 saturated carbocycles. The van der Waals surface area contributed by atoms with Crippen LogP contribution in [0.25, 0.3) is 0 Å². The number of nitrogens with one attached hydrogen (secondary N) is 1. The van der Waals surface area contributed by atoms with Crippen molar-refractivity contribution in [2.45, 2.75) is 51.5 Å². The number of hydrogen-bond acceptors (Lipinski definition) is 4. The fourth-order valence-corrected chi connectivity index (χ4v) is 2.21. The maximum atomic E-state index is 11.8. The zero-order valence-electron chi connectivity index (χ0n) is 15.4. The smallest absolute Gasteiger partial charge is 0.431 e. The Kier molecular flexibility index (Phi) is 7.68. The highest BCUT2D eigenvalue weighted by molar-refractivity contribution is 5.68. The molecule has 1 N–H and O–H groups in total. The van der Waals surface area contributed by atoms with E-state index in [2.05, 4.69) is 0 Å². The number of carbonyl (C=O) groups excluding carboxylic acids is 1. The van der Waals surface area contributed by atoms with Gasteiger partial charge in [-0.2, -0.15) is 13.2 Å². The topological polar surface area (TPSA) is 71.6 Å². The lowest BCUT2D eigenvalue weighted by atomic mass is 10.1. The number of methoxy groups -OCH3 is 1. The number of amides is 1. The zero-order chi connectivity index (χ0) is 20.0. The monoisotopic (exact) mass is 378 g/mol. The molecule has 2 heterocycles. The van der Waals surface area contributed by atoms with Crippen molar-refractivity contribution in [2.24, 2.45) is 0 Å². The van der Waals surface area contributed by atoms with Gasteiger partial charge in [-0.05, 0) is 39.7 Å². The van der Waals surface area contributed by atoms with E-state index in [1.807, 2.05) is 20.8 Å². The predicted octanol–water partition coefficient (Wildman–Crippen LogP) is 3.43. The molecule has 1 aromatic rings. The molecule has 1 amide bonds. The van der Waals surface area contributed by atoms with Crippen LogP contribution in [-0.2, 0) is 15.7 Å². The average Bonchev–Trinajstić information content (AvgIpc) is 2.53. The van der Waals surface area contributed by atoms with Crippen molar-refractivity contribution in [1.29, 1.82) is 0 Å². The summed E-state index contributed by atoms with van der Waals surface area (Å²) in [5.74, 6) is 0. The minimum atomic E-state index is -4.47. The van der Waals surface area contributed by atoms with Gasteiger partial charge in [0.2, 0.25) is 5.56 Å². The van der Waals surface area contributed by atoms with Gasteiger partial charge in [0.25, 0.3) is 0 Å². The van der Waals surface area contributed by atoms with Crippen LogP contribution in [0.5, 0.6) is 0 Å². The van der Waals surface area contributed by atoms with Gasteiger partial charge in [-0.1, -0.05) is 6.07 Å². The van der Waals surface area contributed by atoms with E-state index in [1.54, 1.807) is 17.0 Å². The van der Waals surface area contributed by atoms with Gasteiger partial charge >= 0.3 is 12.3 Å². The summed E-state index contributed by atoms with van der Waals surface area (Å²) in [4.78, 5) is 25.5. The van der Waals surface area contributed by atoms with Gasteiger partial charge in [0.15, 0.2) is 0 Å². The summed E-state index contributed by atoms with van der Waals surface area (Å²) in [5, 5.41) is 0. The second-order valence-electron chi connectivity index (χ2n) is 6.83. The molecule has 26 heavy (non-hydrogen) atoms. The third-order valence-corrected chi connectivity index (χ3v) is 3.50. The molecule has 9 heteroatoms. The first kappa shape index (κ1) is 22.0. The molecule has 1 saturated heterocycles. The summed E-state index contributed by atoms with van der Waals surface area (Å²) < 4.78 is 45.9. The van der Waals surface area contributed by atoms with Crippen molar-refractivity contribution < 1.29 is 27.4 Å². The molecule has 1 aliphatic heterocycles. The number of H-pyrrole nitrogens is 1. The second-order valence-corrected chi connectivity index (χ2v) is 6.83. The van der Waals surface area contributed by atoms with Crippen molar-refractivity contribution in [3.05, 3.63) is 34.2 Å². The average molecular weight is 378 g/mol. The molecule has 0 radical (unpaired) electrons. The number of hydrogen-bond donors (Lipinski definition) is 1. The van der Waals surface area contributed by atoms with Gasteiger partial charge in [-0.3, -0.25) is 4.79 Å². The molecule has 148 valence electrons. The first-order chi connectivity index (χ1) is 11.9.